The van der Waals surface area contributed by atoms with Gasteiger partial charge in [-0.15, -0.1) is 6.58 Å². The average molecular weight is 831 g/mol. The molecule has 0 unspecified atom stereocenters. The third kappa shape index (κ3) is 11.9. The predicted octanol–water partition coefficient (Wildman–Crippen LogP) is 10.6. The molecule has 0 radical (unpaired) electrons. The number of carbonyl (C=O) groups excluding carboxylic acids is 1. The number of oxime groups is 1. The molecule has 1 fully saturated rings. The van der Waals surface area contributed by atoms with Crippen molar-refractivity contribution in [2.45, 2.75) is 140 Å². The van der Waals surface area contributed by atoms with E-state index in [4.69, 9.17) is 24.2 Å². The van der Waals surface area contributed by atoms with Crippen LogP contribution in [0.4, 0.5) is 4.39 Å². The fraction of sp³-hybridized carbons (Fsp3) is 0.600. The summed E-state index contributed by atoms with van der Waals surface area (Å²) in [5, 5.41) is 24.4. The molecule has 2 aromatic carbocycles. The van der Waals surface area contributed by atoms with Gasteiger partial charge in [0.1, 0.15) is 37.1 Å². The van der Waals surface area contributed by atoms with Gasteiger partial charge in [-0.05, 0) is 85.4 Å². The molecule has 3 aliphatic rings. The molecule has 6 atom stereocenters. The van der Waals surface area contributed by atoms with Crippen molar-refractivity contribution in [3.05, 3.63) is 96.4 Å². The highest BCUT2D eigenvalue weighted by Crippen LogP contribution is 2.62. The molecule has 2 aliphatic carbocycles. The lowest BCUT2D eigenvalue weighted by molar-refractivity contribution is -0.258. The predicted molar refractivity (Wildman–Crippen MR) is 236 cm³/mol. The fourth-order valence-corrected chi connectivity index (χ4v) is 9.89. The highest BCUT2D eigenvalue weighted by Gasteiger charge is 2.65. The number of nitrogens with zero attached hydrogens (tertiary/aromatic N) is 2. The third-order valence-electron chi connectivity index (χ3n) is 12.7. The number of carbonyl (C=O) groups is 1. The standard InChI is InChI=1S/C50H71FN2O7/c1-5-8-9-10-11-12-13-14-15-22-47(56)53(36-37-23-25-39(51)26-24-37)46-35-44(52-57-4)42-33-38(20-16-18-29-54)41(21-17-19-30-55)48-43-34-40(58-31-6-2)27-28-45(43)60-50(46,49(42)48)59-32-7-3/h6-7,23-28,33-34,38,41,46,48-49,54-55H,2-3,5,8-22,29-32,35-36H2,1,4H3/t38-,41+,46-,48+,49+,50+/m0/s1. The van der Waals surface area contributed by atoms with Gasteiger partial charge in [-0.25, -0.2) is 4.39 Å². The Morgan fingerprint density at radius 2 is 1.60 bits per heavy atom. The zero-order valence-corrected chi connectivity index (χ0v) is 36.3. The van der Waals surface area contributed by atoms with E-state index in [1.807, 2.05) is 17.0 Å². The van der Waals surface area contributed by atoms with Crippen molar-refractivity contribution >= 4 is 11.6 Å². The first-order valence-electron chi connectivity index (χ1n) is 22.7. The van der Waals surface area contributed by atoms with Crippen molar-refractivity contribution in [1.29, 1.82) is 0 Å². The molecule has 0 spiro atoms. The van der Waals surface area contributed by atoms with Gasteiger partial charge in [0.2, 0.25) is 11.7 Å². The van der Waals surface area contributed by atoms with E-state index < -0.39 is 17.7 Å². The number of halogens is 1. The second-order valence-corrected chi connectivity index (χ2v) is 16.8. The monoisotopic (exact) mass is 831 g/mol. The van der Waals surface area contributed by atoms with Crippen LogP contribution in [0.5, 0.6) is 11.5 Å². The normalized spacial score (nSPS) is 23.5. The zero-order valence-electron chi connectivity index (χ0n) is 36.3. The number of fused-ring (bicyclic) bond motifs is 2. The summed E-state index contributed by atoms with van der Waals surface area (Å²) >= 11 is 0. The Balaban J connectivity index is 1.65. The van der Waals surface area contributed by atoms with Crippen molar-refractivity contribution in [3.63, 3.8) is 0 Å². The molecule has 2 aromatic rings. The van der Waals surface area contributed by atoms with Crippen molar-refractivity contribution < 1.29 is 38.4 Å². The van der Waals surface area contributed by atoms with E-state index in [0.717, 1.165) is 67.4 Å². The number of rotatable bonds is 28. The number of aliphatic hydroxyl groups is 2. The molecular formula is C50H71FN2O7. The second-order valence-electron chi connectivity index (χ2n) is 16.8. The van der Waals surface area contributed by atoms with E-state index in [1.165, 1.54) is 50.7 Å². The Kier molecular flexibility index (Phi) is 19.2. The molecule has 1 amide bonds. The van der Waals surface area contributed by atoms with Crippen LogP contribution in [-0.4, -0.2) is 72.1 Å². The van der Waals surface area contributed by atoms with Crippen LogP contribution in [0.3, 0.4) is 0 Å². The van der Waals surface area contributed by atoms with Gasteiger partial charge >= 0.3 is 0 Å². The van der Waals surface area contributed by atoms with Crippen LogP contribution >= 0.6 is 0 Å². The van der Waals surface area contributed by atoms with Crippen LogP contribution in [0.25, 0.3) is 0 Å². The van der Waals surface area contributed by atoms with E-state index in [2.05, 4.69) is 32.2 Å². The molecular weight excluding hydrogens is 760 g/mol. The molecule has 0 saturated heterocycles. The summed E-state index contributed by atoms with van der Waals surface area (Å²) in [4.78, 5) is 22.4. The number of hydrogen-bond acceptors (Lipinski definition) is 8. The minimum absolute atomic E-state index is 0.0191. The fourth-order valence-electron chi connectivity index (χ4n) is 9.89. The van der Waals surface area contributed by atoms with Crippen molar-refractivity contribution in [3.8, 4) is 11.5 Å². The second kappa shape index (κ2) is 24.5. The number of hydrogen-bond donors (Lipinski definition) is 2. The van der Waals surface area contributed by atoms with Crippen LogP contribution in [0, 0.1) is 23.6 Å². The van der Waals surface area contributed by atoms with Crippen LogP contribution < -0.4 is 9.47 Å². The van der Waals surface area contributed by atoms with Crippen LogP contribution in [-0.2, 0) is 20.9 Å². The lowest BCUT2D eigenvalue weighted by atomic mass is 9.55. The van der Waals surface area contributed by atoms with E-state index in [-0.39, 0.29) is 55.8 Å². The number of amides is 1. The molecule has 0 aromatic heterocycles. The molecule has 60 heavy (non-hydrogen) atoms. The van der Waals surface area contributed by atoms with Crippen LogP contribution in [0.2, 0.25) is 0 Å². The highest BCUT2D eigenvalue weighted by molar-refractivity contribution is 6.03. The Hall–Kier alpha value is -3.99. The van der Waals surface area contributed by atoms with E-state index in [1.54, 1.807) is 31.4 Å². The topological polar surface area (TPSA) is 110 Å². The SMILES string of the molecule is C=CCOc1ccc2c(c1)[C@H]1[C@H](CCCCO)[C@@H](CCCCO)C=C3C(=NOC)C[C@H](N(Cc4ccc(F)cc4)C(=O)CCCCCCCCCCC)[C@@](OCC=C)(O2)[C@H]31. The summed E-state index contributed by atoms with van der Waals surface area (Å²) in [7, 11) is 1.55. The molecule has 0 bridgehead atoms. The molecule has 5 rings (SSSR count). The number of aliphatic hydroxyl groups excluding tert-OH is 2. The van der Waals surface area contributed by atoms with Gasteiger partial charge in [-0.3, -0.25) is 4.79 Å². The Labute approximate surface area is 358 Å². The maximum Gasteiger partial charge on any atom is 0.239 e. The summed E-state index contributed by atoms with van der Waals surface area (Å²) in [6, 6.07) is 11.6. The molecule has 2 N–H and O–H groups in total. The van der Waals surface area contributed by atoms with Crippen molar-refractivity contribution in [1.82, 2.24) is 4.90 Å². The first-order valence-corrected chi connectivity index (χ1v) is 22.7. The van der Waals surface area contributed by atoms with Crippen molar-refractivity contribution in [2.75, 3.05) is 33.5 Å². The number of allylic oxidation sites excluding steroid dienone is 1. The first-order chi connectivity index (χ1) is 29.3. The quantitative estimate of drug-likeness (QED) is 0.0499. The van der Waals surface area contributed by atoms with E-state index in [0.29, 0.717) is 43.8 Å². The van der Waals surface area contributed by atoms with Crippen molar-refractivity contribution in [2.24, 2.45) is 22.9 Å². The summed E-state index contributed by atoms with van der Waals surface area (Å²) in [6.07, 6.45) is 21.4. The molecule has 1 aliphatic heterocycles. The Morgan fingerprint density at radius 3 is 2.27 bits per heavy atom. The molecule has 9 nitrogen and oxygen atoms in total. The molecule has 1 heterocycles. The number of benzene rings is 2. The van der Waals surface area contributed by atoms with Gasteiger partial charge in [0, 0.05) is 44.1 Å². The highest BCUT2D eigenvalue weighted by atomic mass is 19.1. The molecule has 10 heteroatoms. The van der Waals surface area contributed by atoms with Crippen LogP contribution in [0.1, 0.15) is 133 Å². The zero-order chi connectivity index (χ0) is 42.7. The lowest BCUT2D eigenvalue weighted by Gasteiger charge is -2.60. The first kappa shape index (κ1) is 47.1. The van der Waals surface area contributed by atoms with Gasteiger partial charge in [0.25, 0.3) is 0 Å². The Bertz CT molecular complexity index is 1710. The van der Waals surface area contributed by atoms with E-state index in [9.17, 15) is 19.4 Å². The smallest absolute Gasteiger partial charge is 0.239 e. The van der Waals surface area contributed by atoms with Gasteiger partial charge in [0.05, 0.1) is 18.2 Å². The maximum absolute atomic E-state index is 14.9. The van der Waals surface area contributed by atoms with E-state index >= 15 is 0 Å². The van der Waals surface area contributed by atoms with Gasteiger partial charge < -0.3 is 34.2 Å². The molecule has 1 saturated carbocycles. The number of unbranched alkanes of at least 4 members (excludes halogenated alkanes) is 10. The minimum atomic E-state index is -1.37. The lowest BCUT2D eigenvalue weighted by Crippen LogP contribution is -2.70. The average Bonchev–Trinajstić information content (AvgIpc) is 3.25. The third-order valence-corrected chi connectivity index (χ3v) is 12.7. The Morgan fingerprint density at radius 1 is 0.917 bits per heavy atom. The minimum Gasteiger partial charge on any atom is -0.490 e. The van der Waals surface area contributed by atoms with Gasteiger partial charge in [-0.2, -0.15) is 0 Å². The number of ether oxygens (including phenoxy) is 3. The van der Waals surface area contributed by atoms with Crippen LogP contribution in [0.15, 0.2) is 84.6 Å². The molecule has 330 valence electrons. The summed E-state index contributed by atoms with van der Waals surface area (Å²) < 4.78 is 34.8. The van der Waals surface area contributed by atoms with Gasteiger partial charge in [0.15, 0.2) is 0 Å². The summed E-state index contributed by atoms with van der Waals surface area (Å²) in [5.41, 5.74) is 3.51. The summed E-state index contributed by atoms with van der Waals surface area (Å²) in [6.45, 7) is 11.1. The maximum atomic E-state index is 14.9. The summed E-state index contributed by atoms with van der Waals surface area (Å²) in [5.74, 6) is -0.723. The van der Waals surface area contributed by atoms with Gasteiger partial charge in [-0.1, -0.05) is 113 Å². The largest absolute Gasteiger partial charge is 0.490 e.